The summed E-state index contributed by atoms with van der Waals surface area (Å²) in [5, 5.41) is 4.93. The fraction of sp³-hybridized carbons (Fsp3) is 0.333. The van der Waals surface area contributed by atoms with Crippen LogP contribution in [0.2, 0.25) is 10.0 Å². The Hall–Kier alpha value is -1.02. The van der Waals surface area contributed by atoms with Crippen LogP contribution in [0, 0.1) is 6.92 Å². The number of aryl methyl sites for hydroxylation is 1. The molecular weight excluding hydrogens is 301 g/mol. The van der Waals surface area contributed by atoms with E-state index in [-0.39, 0.29) is 0 Å². The molecule has 0 bridgehead atoms. The molecule has 0 saturated heterocycles. The van der Waals surface area contributed by atoms with Gasteiger partial charge in [-0.15, -0.1) is 0 Å². The van der Waals surface area contributed by atoms with Crippen molar-refractivity contribution in [2.45, 2.75) is 26.2 Å². The Balaban J connectivity index is 2.26. The first-order valence-electron chi connectivity index (χ1n) is 7.32. The van der Waals surface area contributed by atoms with E-state index in [1.54, 1.807) is 0 Å². The van der Waals surface area contributed by atoms with Crippen molar-refractivity contribution in [1.82, 2.24) is 5.32 Å². The molecule has 3 heteroatoms. The Morgan fingerprint density at radius 3 is 2.19 bits per heavy atom. The summed E-state index contributed by atoms with van der Waals surface area (Å²) in [7, 11) is 0. The van der Waals surface area contributed by atoms with E-state index in [2.05, 4.69) is 43.4 Å². The van der Waals surface area contributed by atoms with E-state index in [0.717, 1.165) is 35.1 Å². The second kappa shape index (κ2) is 7.84. The summed E-state index contributed by atoms with van der Waals surface area (Å²) in [5.74, 6) is 0.364. The lowest BCUT2D eigenvalue weighted by molar-refractivity contribution is 0.595. The van der Waals surface area contributed by atoms with Gasteiger partial charge in [-0.1, -0.05) is 66.0 Å². The van der Waals surface area contributed by atoms with Crippen LogP contribution in [-0.2, 0) is 6.42 Å². The van der Waals surface area contributed by atoms with Crippen molar-refractivity contribution < 1.29 is 0 Å². The zero-order chi connectivity index (χ0) is 15.2. The van der Waals surface area contributed by atoms with Gasteiger partial charge in [0.1, 0.15) is 0 Å². The molecule has 0 aliphatic heterocycles. The molecule has 2 rings (SSSR count). The van der Waals surface area contributed by atoms with Crippen LogP contribution in [0.15, 0.2) is 42.5 Å². The van der Waals surface area contributed by atoms with Gasteiger partial charge in [0.15, 0.2) is 0 Å². The second-order valence-electron chi connectivity index (χ2n) is 5.32. The number of halogens is 2. The number of likely N-dealkylation sites (N-methyl/N-ethyl adjacent to an activating group) is 1. The third-order valence-corrected chi connectivity index (χ3v) is 4.41. The molecule has 1 atom stereocenters. The van der Waals surface area contributed by atoms with Crippen molar-refractivity contribution in [3.63, 3.8) is 0 Å². The smallest absolute Gasteiger partial charge is 0.0453 e. The molecule has 0 spiro atoms. The summed E-state index contributed by atoms with van der Waals surface area (Å²) in [4.78, 5) is 0. The molecule has 0 aliphatic carbocycles. The van der Waals surface area contributed by atoms with Crippen molar-refractivity contribution in [1.29, 1.82) is 0 Å². The predicted octanol–water partition coefficient (Wildman–Crippen LogP) is 5.24. The number of hydrogen-bond acceptors (Lipinski definition) is 1. The largest absolute Gasteiger partial charge is 0.316 e. The number of hydrogen-bond donors (Lipinski definition) is 1. The fourth-order valence-electron chi connectivity index (χ4n) is 2.44. The quantitative estimate of drug-likeness (QED) is 0.767. The van der Waals surface area contributed by atoms with Crippen LogP contribution in [-0.4, -0.2) is 13.1 Å². The minimum absolute atomic E-state index is 0.364. The third kappa shape index (κ3) is 4.47. The zero-order valence-corrected chi connectivity index (χ0v) is 14.0. The maximum absolute atomic E-state index is 6.32. The minimum Gasteiger partial charge on any atom is -0.316 e. The number of rotatable bonds is 6. The van der Waals surface area contributed by atoms with Gasteiger partial charge in [-0.25, -0.2) is 0 Å². The molecule has 1 unspecified atom stereocenters. The molecule has 0 aromatic heterocycles. The van der Waals surface area contributed by atoms with Crippen LogP contribution < -0.4 is 5.32 Å². The SMILES string of the molecule is CCNCC(Cc1c(Cl)cccc1Cl)c1ccc(C)cc1. The zero-order valence-electron chi connectivity index (χ0n) is 12.5. The first-order chi connectivity index (χ1) is 10.1. The topological polar surface area (TPSA) is 12.0 Å². The molecule has 0 heterocycles. The van der Waals surface area contributed by atoms with E-state index in [1.165, 1.54) is 11.1 Å². The van der Waals surface area contributed by atoms with Crippen molar-refractivity contribution in [2.24, 2.45) is 0 Å². The Labute approximate surface area is 137 Å². The summed E-state index contributed by atoms with van der Waals surface area (Å²) >= 11 is 12.6. The van der Waals surface area contributed by atoms with Crippen LogP contribution in [0.25, 0.3) is 0 Å². The van der Waals surface area contributed by atoms with Crippen molar-refractivity contribution in [3.05, 3.63) is 69.2 Å². The van der Waals surface area contributed by atoms with Crippen LogP contribution in [0.3, 0.4) is 0 Å². The summed E-state index contributed by atoms with van der Waals surface area (Å²) in [5.41, 5.74) is 3.62. The van der Waals surface area contributed by atoms with Crippen LogP contribution in [0.5, 0.6) is 0 Å². The number of benzene rings is 2. The molecule has 0 aliphatic rings. The van der Waals surface area contributed by atoms with Gasteiger partial charge in [0.05, 0.1) is 0 Å². The monoisotopic (exact) mass is 321 g/mol. The van der Waals surface area contributed by atoms with E-state index < -0.39 is 0 Å². The van der Waals surface area contributed by atoms with Gasteiger partial charge >= 0.3 is 0 Å². The highest BCUT2D eigenvalue weighted by atomic mass is 35.5. The lowest BCUT2D eigenvalue weighted by atomic mass is 9.91. The molecule has 0 fully saturated rings. The molecule has 0 saturated carbocycles. The van der Waals surface area contributed by atoms with E-state index in [9.17, 15) is 0 Å². The third-order valence-electron chi connectivity index (χ3n) is 3.70. The summed E-state index contributed by atoms with van der Waals surface area (Å²) in [6.07, 6.45) is 0.842. The molecule has 21 heavy (non-hydrogen) atoms. The summed E-state index contributed by atoms with van der Waals surface area (Å²) in [6.45, 7) is 6.10. The average molecular weight is 322 g/mol. The fourth-order valence-corrected chi connectivity index (χ4v) is 2.99. The maximum Gasteiger partial charge on any atom is 0.0453 e. The Morgan fingerprint density at radius 2 is 1.62 bits per heavy atom. The van der Waals surface area contributed by atoms with E-state index in [0.29, 0.717) is 5.92 Å². The molecule has 2 aromatic rings. The van der Waals surface area contributed by atoms with Gasteiger partial charge < -0.3 is 5.32 Å². The van der Waals surface area contributed by atoms with Gasteiger partial charge in [-0.3, -0.25) is 0 Å². The standard InChI is InChI=1S/C18H21Cl2N/c1-3-21-12-15(14-9-7-13(2)8-10-14)11-16-17(19)5-4-6-18(16)20/h4-10,15,21H,3,11-12H2,1-2H3. The van der Waals surface area contributed by atoms with E-state index in [4.69, 9.17) is 23.2 Å². The molecule has 112 valence electrons. The molecular formula is C18H21Cl2N. The second-order valence-corrected chi connectivity index (χ2v) is 6.13. The predicted molar refractivity (Wildman–Crippen MR) is 92.6 cm³/mol. The Kier molecular flexibility index (Phi) is 6.10. The summed E-state index contributed by atoms with van der Waals surface area (Å²) < 4.78 is 0. The Morgan fingerprint density at radius 1 is 1.00 bits per heavy atom. The van der Waals surface area contributed by atoms with Crippen molar-refractivity contribution in [3.8, 4) is 0 Å². The van der Waals surface area contributed by atoms with Gasteiger partial charge in [-0.2, -0.15) is 0 Å². The van der Waals surface area contributed by atoms with Gasteiger partial charge in [0.25, 0.3) is 0 Å². The van der Waals surface area contributed by atoms with Crippen molar-refractivity contribution >= 4 is 23.2 Å². The van der Waals surface area contributed by atoms with Crippen LogP contribution in [0.4, 0.5) is 0 Å². The van der Waals surface area contributed by atoms with Gasteiger partial charge in [0.2, 0.25) is 0 Å². The minimum atomic E-state index is 0.364. The first kappa shape index (κ1) is 16.4. The van der Waals surface area contributed by atoms with E-state index >= 15 is 0 Å². The maximum atomic E-state index is 6.32. The van der Waals surface area contributed by atoms with Gasteiger partial charge in [-0.05, 0) is 43.1 Å². The number of nitrogens with one attached hydrogen (secondary N) is 1. The van der Waals surface area contributed by atoms with Crippen LogP contribution >= 0.6 is 23.2 Å². The van der Waals surface area contributed by atoms with Crippen molar-refractivity contribution in [2.75, 3.05) is 13.1 Å². The summed E-state index contributed by atoms with van der Waals surface area (Å²) in [6, 6.07) is 14.4. The first-order valence-corrected chi connectivity index (χ1v) is 8.07. The molecule has 0 radical (unpaired) electrons. The highest BCUT2D eigenvalue weighted by Crippen LogP contribution is 2.30. The highest BCUT2D eigenvalue weighted by Gasteiger charge is 2.16. The average Bonchev–Trinajstić information content (AvgIpc) is 2.47. The lowest BCUT2D eigenvalue weighted by Crippen LogP contribution is -2.22. The van der Waals surface area contributed by atoms with E-state index in [1.807, 2.05) is 18.2 Å². The molecule has 2 aromatic carbocycles. The lowest BCUT2D eigenvalue weighted by Gasteiger charge is -2.19. The normalized spacial score (nSPS) is 12.4. The Bertz CT molecular complexity index is 558. The van der Waals surface area contributed by atoms with Gasteiger partial charge in [0, 0.05) is 22.5 Å². The highest BCUT2D eigenvalue weighted by molar-refractivity contribution is 6.36. The molecule has 1 N–H and O–H groups in total. The molecule has 1 nitrogen and oxygen atoms in total. The molecule has 0 amide bonds. The van der Waals surface area contributed by atoms with Crippen LogP contribution in [0.1, 0.15) is 29.5 Å².